The molecule has 0 amide bonds. The third kappa shape index (κ3) is 6.31. The van der Waals surface area contributed by atoms with Crippen molar-refractivity contribution in [3.63, 3.8) is 0 Å². The van der Waals surface area contributed by atoms with Crippen molar-refractivity contribution in [2.75, 3.05) is 13.2 Å². The molecule has 3 rings (SSSR count). The van der Waals surface area contributed by atoms with E-state index in [0.29, 0.717) is 24.1 Å². The molecule has 0 saturated carbocycles. The number of halogens is 4. The minimum Gasteiger partial charge on any atom is -0.492 e. The van der Waals surface area contributed by atoms with E-state index in [0.717, 1.165) is 18.7 Å². The van der Waals surface area contributed by atoms with E-state index in [-0.39, 0.29) is 18.2 Å². The molecule has 0 radical (unpaired) electrons. The quantitative estimate of drug-likeness (QED) is 0.760. The van der Waals surface area contributed by atoms with Crippen LogP contribution in [0.25, 0.3) is 0 Å². The van der Waals surface area contributed by atoms with Crippen LogP contribution in [0.3, 0.4) is 0 Å². The SMILES string of the molecule is Cl.FC(F)(F)Oc1ccc(Oc2ccc(OC[C@H]3CCCN3)cc2)cc1. The summed E-state index contributed by atoms with van der Waals surface area (Å²) in [6.07, 6.45) is -2.41. The van der Waals surface area contributed by atoms with E-state index >= 15 is 0 Å². The van der Waals surface area contributed by atoms with Crippen molar-refractivity contribution in [1.82, 2.24) is 5.32 Å². The van der Waals surface area contributed by atoms with E-state index in [1.54, 1.807) is 24.3 Å². The molecule has 1 N–H and O–H groups in total. The van der Waals surface area contributed by atoms with Gasteiger partial charge in [0.15, 0.2) is 0 Å². The first-order chi connectivity index (χ1) is 12.0. The van der Waals surface area contributed by atoms with Gasteiger partial charge in [0.1, 0.15) is 29.6 Å². The highest BCUT2D eigenvalue weighted by Crippen LogP contribution is 2.28. The van der Waals surface area contributed by atoms with Gasteiger partial charge in [-0.3, -0.25) is 0 Å². The van der Waals surface area contributed by atoms with Crippen LogP contribution in [-0.4, -0.2) is 25.6 Å². The standard InChI is InChI=1S/C18H18F3NO3.ClH/c19-18(20,21)25-17-9-7-16(8-10-17)24-15-5-3-14(4-6-15)23-12-13-2-1-11-22-13;/h3-10,13,22H,1-2,11-12H2;1H/t13-;/m1./s1. The first kappa shape index (κ1) is 20.2. The normalized spacial score (nSPS) is 16.7. The average Bonchev–Trinajstić information content (AvgIpc) is 3.08. The lowest BCUT2D eigenvalue weighted by atomic mass is 10.2. The van der Waals surface area contributed by atoms with Crippen molar-refractivity contribution in [3.8, 4) is 23.0 Å². The van der Waals surface area contributed by atoms with Crippen LogP contribution >= 0.6 is 12.4 Å². The predicted octanol–water partition coefficient (Wildman–Crippen LogP) is 4.93. The Bertz CT molecular complexity index is 672. The Kier molecular flexibility index (Phi) is 6.99. The summed E-state index contributed by atoms with van der Waals surface area (Å²) >= 11 is 0. The molecule has 1 aliphatic heterocycles. The molecule has 1 heterocycles. The molecule has 1 fully saturated rings. The van der Waals surface area contributed by atoms with E-state index in [1.165, 1.54) is 30.7 Å². The van der Waals surface area contributed by atoms with E-state index < -0.39 is 6.36 Å². The molecule has 0 spiro atoms. The topological polar surface area (TPSA) is 39.7 Å². The molecule has 0 unspecified atom stereocenters. The fourth-order valence-electron chi connectivity index (χ4n) is 2.55. The second kappa shape index (κ2) is 9.00. The van der Waals surface area contributed by atoms with Crippen molar-refractivity contribution in [1.29, 1.82) is 0 Å². The molecule has 1 atom stereocenters. The second-order valence-electron chi connectivity index (χ2n) is 5.70. The van der Waals surface area contributed by atoms with E-state index in [4.69, 9.17) is 9.47 Å². The Morgan fingerprint density at radius 1 is 0.885 bits per heavy atom. The zero-order chi connectivity index (χ0) is 17.7. The molecule has 0 aliphatic carbocycles. The second-order valence-corrected chi connectivity index (χ2v) is 5.70. The third-order valence-corrected chi connectivity index (χ3v) is 3.73. The summed E-state index contributed by atoms with van der Waals surface area (Å²) in [5, 5.41) is 3.36. The fraction of sp³-hybridized carbons (Fsp3) is 0.333. The van der Waals surface area contributed by atoms with Gasteiger partial charge in [0.25, 0.3) is 0 Å². The van der Waals surface area contributed by atoms with Crippen molar-refractivity contribution >= 4 is 12.4 Å². The van der Waals surface area contributed by atoms with Crippen LogP contribution in [0.15, 0.2) is 48.5 Å². The van der Waals surface area contributed by atoms with Crippen LogP contribution in [0.5, 0.6) is 23.0 Å². The Labute approximate surface area is 155 Å². The van der Waals surface area contributed by atoms with Gasteiger partial charge in [0.2, 0.25) is 0 Å². The number of alkyl halides is 3. The molecular weight excluding hydrogens is 371 g/mol. The maximum Gasteiger partial charge on any atom is 0.573 e. The summed E-state index contributed by atoms with van der Waals surface area (Å²) in [6.45, 7) is 1.66. The molecular formula is C18H19ClF3NO3. The fourth-order valence-corrected chi connectivity index (χ4v) is 2.55. The van der Waals surface area contributed by atoms with Gasteiger partial charge < -0.3 is 19.5 Å². The first-order valence-electron chi connectivity index (χ1n) is 7.98. The van der Waals surface area contributed by atoms with Crippen molar-refractivity contribution < 1.29 is 27.4 Å². The number of benzene rings is 2. The van der Waals surface area contributed by atoms with Gasteiger partial charge in [-0.25, -0.2) is 0 Å². The molecule has 8 heteroatoms. The number of hydrogen-bond donors (Lipinski definition) is 1. The van der Waals surface area contributed by atoms with Crippen LogP contribution in [0, 0.1) is 0 Å². The maximum atomic E-state index is 12.1. The third-order valence-electron chi connectivity index (χ3n) is 3.73. The lowest BCUT2D eigenvalue weighted by Crippen LogP contribution is -2.28. The minimum absolute atomic E-state index is 0. The lowest BCUT2D eigenvalue weighted by molar-refractivity contribution is -0.274. The van der Waals surface area contributed by atoms with Crippen LogP contribution in [-0.2, 0) is 0 Å². The Hall–Kier alpha value is -2.12. The zero-order valence-corrected chi connectivity index (χ0v) is 14.6. The van der Waals surface area contributed by atoms with Crippen LogP contribution < -0.4 is 19.5 Å². The Balaban J connectivity index is 0.00000243. The van der Waals surface area contributed by atoms with E-state index in [2.05, 4.69) is 10.1 Å². The van der Waals surface area contributed by atoms with E-state index in [9.17, 15) is 13.2 Å². The Morgan fingerprint density at radius 2 is 1.42 bits per heavy atom. The van der Waals surface area contributed by atoms with Gasteiger partial charge in [-0.05, 0) is 67.9 Å². The molecule has 1 aliphatic rings. The molecule has 1 saturated heterocycles. The molecule has 142 valence electrons. The predicted molar refractivity (Wildman–Crippen MR) is 93.4 cm³/mol. The summed E-state index contributed by atoms with van der Waals surface area (Å²) in [5.74, 6) is 1.44. The summed E-state index contributed by atoms with van der Waals surface area (Å²) in [7, 11) is 0. The first-order valence-corrected chi connectivity index (χ1v) is 7.98. The van der Waals surface area contributed by atoms with Crippen molar-refractivity contribution in [3.05, 3.63) is 48.5 Å². The number of nitrogens with one attached hydrogen (secondary N) is 1. The maximum absolute atomic E-state index is 12.1. The number of hydrogen-bond acceptors (Lipinski definition) is 4. The monoisotopic (exact) mass is 389 g/mol. The summed E-state index contributed by atoms with van der Waals surface area (Å²) in [5.41, 5.74) is 0. The van der Waals surface area contributed by atoms with Gasteiger partial charge >= 0.3 is 6.36 Å². The summed E-state index contributed by atoms with van der Waals surface area (Å²) < 4.78 is 51.5. The number of ether oxygens (including phenoxy) is 3. The van der Waals surface area contributed by atoms with Crippen LogP contribution in [0.4, 0.5) is 13.2 Å². The molecule has 2 aromatic carbocycles. The van der Waals surface area contributed by atoms with Gasteiger partial charge in [0, 0.05) is 6.04 Å². The summed E-state index contributed by atoms with van der Waals surface area (Å²) in [4.78, 5) is 0. The van der Waals surface area contributed by atoms with Crippen LogP contribution in [0.2, 0.25) is 0 Å². The van der Waals surface area contributed by atoms with Gasteiger partial charge in [-0.1, -0.05) is 0 Å². The molecule has 26 heavy (non-hydrogen) atoms. The largest absolute Gasteiger partial charge is 0.573 e. The van der Waals surface area contributed by atoms with Crippen LogP contribution in [0.1, 0.15) is 12.8 Å². The van der Waals surface area contributed by atoms with Gasteiger partial charge in [-0.2, -0.15) is 0 Å². The van der Waals surface area contributed by atoms with Crippen molar-refractivity contribution in [2.45, 2.75) is 25.2 Å². The highest BCUT2D eigenvalue weighted by atomic mass is 35.5. The zero-order valence-electron chi connectivity index (χ0n) is 13.8. The van der Waals surface area contributed by atoms with Crippen molar-refractivity contribution in [2.24, 2.45) is 0 Å². The highest BCUT2D eigenvalue weighted by Gasteiger charge is 2.30. The van der Waals surface area contributed by atoms with E-state index in [1.807, 2.05) is 0 Å². The number of rotatable bonds is 6. The molecule has 0 aromatic heterocycles. The minimum atomic E-state index is -4.70. The van der Waals surface area contributed by atoms with Gasteiger partial charge in [-0.15, -0.1) is 25.6 Å². The highest BCUT2D eigenvalue weighted by molar-refractivity contribution is 5.85. The average molecular weight is 390 g/mol. The molecule has 2 aromatic rings. The summed E-state index contributed by atoms with van der Waals surface area (Å²) in [6, 6.07) is 12.7. The van der Waals surface area contributed by atoms with Gasteiger partial charge in [0.05, 0.1) is 0 Å². The molecule has 4 nitrogen and oxygen atoms in total. The smallest absolute Gasteiger partial charge is 0.492 e. The molecule has 0 bridgehead atoms. The lowest BCUT2D eigenvalue weighted by Gasteiger charge is -2.13. The Morgan fingerprint density at radius 3 is 1.92 bits per heavy atom.